The van der Waals surface area contributed by atoms with Crippen LogP contribution < -0.4 is 5.32 Å². The van der Waals surface area contributed by atoms with Gasteiger partial charge in [0.15, 0.2) is 0 Å². The van der Waals surface area contributed by atoms with Crippen LogP contribution in [0.3, 0.4) is 0 Å². The standard InChI is InChI=1S/C15H18ClNO/c16-14(13-8-2-1-3-9-13)15(18)17-11-10-12-6-4-5-7-12/h1-3,6,8-9,14H,4-5,7,10-11H2,(H,17,18). The van der Waals surface area contributed by atoms with Gasteiger partial charge in [0, 0.05) is 6.54 Å². The fourth-order valence-electron chi connectivity index (χ4n) is 2.17. The van der Waals surface area contributed by atoms with Crippen molar-refractivity contribution < 1.29 is 4.79 Å². The number of hydrogen-bond donors (Lipinski definition) is 1. The number of benzene rings is 1. The lowest BCUT2D eigenvalue weighted by Crippen LogP contribution is -2.28. The Kier molecular flexibility index (Phi) is 4.82. The van der Waals surface area contributed by atoms with Gasteiger partial charge in [-0.3, -0.25) is 4.79 Å². The van der Waals surface area contributed by atoms with Crippen LogP contribution >= 0.6 is 11.6 Å². The number of carbonyl (C=O) groups is 1. The van der Waals surface area contributed by atoms with Crippen molar-refractivity contribution in [1.82, 2.24) is 5.32 Å². The summed E-state index contributed by atoms with van der Waals surface area (Å²) < 4.78 is 0. The summed E-state index contributed by atoms with van der Waals surface area (Å²) in [6.07, 6.45) is 6.85. The highest BCUT2D eigenvalue weighted by atomic mass is 35.5. The molecule has 0 aromatic heterocycles. The van der Waals surface area contributed by atoms with E-state index in [4.69, 9.17) is 11.6 Å². The Morgan fingerprint density at radius 1 is 1.33 bits per heavy atom. The van der Waals surface area contributed by atoms with E-state index in [1.54, 1.807) is 0 Å². The molecule has 0 aliphatic heterocycles. The third-order valence-electron chi connectivity index (χ3n) is 3.20. The maximum atomic E-state index is 11.9. The van der Waals surface area contributed by atoms with Crippen LogP contribution in [0.5, 0.6) is 0 Å². The molecule has 1 atom stereocenters. The molecule has 1 unspecified atom stereocenters. The number of nitrogens with one attached hydrogen (secondary N) is 1. The van der Waals surface area contributed by atoms with Gasteiger partial charge in [-0.25, -0.2) is 0 Å². The smallest absolute Gasteiger partial charge is 0.242 e. The molecule has 0 saturated carbocycles. The zero-order chi connectivity index (χ0) is 12.8. The van der Waals surface area contributed by atoms with Crippen LogP contribution in [0.4, 0.5) is 0 Å². The highest BCUT2D eigenvalue weighted by molar-refractivity contribution is 6.30. The molecule has 18 heavy (non-hydrogen) atoms. The molecule has 1 aromatic carbocycles. The Morgan fingerprint density at radius 3 is 2.78 bits per heavy atom. The first kappa shape index (κ1) is 13.2. The second-order valence-corrected chi connectivity index (χ2v) is 5.01. The maximum Gasteiger partial charge on any atom is 0.242 e. The van der Waals surface area contributed by atoms with E-state index in [0.717, 1.165) is 12.0 Å². The number of alkyl halides is 1. The van der Waals surface area contributed by atoms with Crippen LogP contribution in [-0.4, -0.2) is 12.5 Å². The first-order valence-corrected chi connectivity index (χ1v) is 6.85. The first-order valence-electron chi connectivity index (χ1n) is 6.42. The van der Waals surface area contributed by atoms with E-state index >= 15 is 0 Å². The molecule has 1 aliphatic carbocycles. The zero-order valence-corrected chi connectivity index (χ0v) is 11.1. The van der Waals surface area contributed by atoms with Gasteiger partial charge in [-0.15, -0.1) is 11.6 Å². The molecule has 0 saturated heterocycles. The molecular formula is C15H18ClNO. The number of rotatable bonds is 5. The van der Waals surface area contributed by atoms with Crippen molar-refractivity contribution >= 4 is 17.5 Å². The molecule has 0 fully saturated rings. The van der Waals surface area contributed by atoms with Gasteiger partial charge in [0.1, 0.15) is 5.38 Å². The molecule has 3 heteroatoms. The van der Waals surface area contributed by atoms with Crippen molar-refractivity contribution in [3.8, 4) is 0 Å². The highest BCUT2D eigenvalue weighted by Gasteiger charge is 2.16. The SMILES string of the molecule is O=C(NCCC1=CCCC1)C(Cl)c1ccccc1. The lowest BCUT2D eigenvalue weighted by molar-refractivity contribution is -0.120. The van der Waals surface area contributed by atoms with Crippen molar-refractivity contribution in [2.75, 3.05) is 6.54 Å². The minimum Gasteiger partial charge on any atom is -0.354 e. The van der Waals surface area contributed by atoms with Crippen LogP contribution in [0.2, 0.25) is 0 Å². The largest absolute Gasteiger partial charge is 0.354 e. The summed E-state index contributed by atoms with van der Waals surface area (Å²) in [5.74, 6) is -0.110. The summed E-state index contributed by atoms with van der Waals surface area (Å²) in [6, 6.07) is 9.44. The number of carbonyl (C=O) groups excluding carboxylic acids is 1. The average Bonchev–Trinajstić information content (AvgIpc) is 2.92. The van der Waals surface area contributed by atoms with Crippen LogP contribution in [0.1, 0.15) is 36.6 Å². The lowest BCUT2D eigenvalue weighted by Gasteiger charge is -2.11. The minimum absolute atomic E-state index is 0.110. The zero-order valence-electron chi connectivity index (χ0n) is 10.4. The summed E-state index contributed by atoms with van der Waals surface area (Å²) in [7, 11) is 0. The molecule has 2 rings (SSSR count). The molecule has 1 amide bonds. The molecule has 0 spiro atoms. The molecule has 0 radical (unpaired) electrons. The fraction of sp³-hybridized carbons (Fsp3) is 0.400. The summed E-state index contributed by atoms with van der Waals surface area (Å²) >= 11 is 6.13. The van der Waals surface area contributed by atoms with Gasteiger partial charge in [-0.2, -0.15) is 0 Å². The number of allylic oxidation sites excluding steroid dienone is 1. The van der Waals surface area contributed by atoms with Gasteiger partial charge in [0.25, 0.3) is 0 Å². The van der Waals surface area contributed by atoms with E-state index in [0.29, 0.717) is 6.54 Å². The van der Waals surface area contributed by atoms with Gasteiger partial charge in [0.2, 0.25) is 5.91 Å². The molecule has 0 heterocycles. The van der Waals surface area contributed by atoms with Crippen LogP contribution in [0.25, 0.3) is 0 Å². The second-order valence-electron chi connectivity index (χ2n) is 4.57. The number of amides is 1. The number of hydrogen-bond acceptors (Lipinski definition) is 1. The van der Waals surface area contributed by atoms with Gasteiger partial charge in [-0.05, 0) is 31.2 Å². The van der Waals surface area contributed by atoms with E-state index in [-0.39, 0.29) is 5.91 Å². The Morgan fingerprint density at radius 2 is 2.11 bits per heavy atom. The molecule has 1 aliphatic rings. The van der Waals surface area contributed by atoms with E-state index in [2.05, 4.69) is 11.4 Å². The predicted molar refractivity (Wildman–Crippen MR) is 74.6 cm³/mol. The lowest BCUT2D eigenvalue weighted by atomic mass is 10.1. The van der Waals surface area contributed by atoms with Crippen molar-refractivity contribution in [2.45, 2.75) is 31.1 Å². The van der Waals surface area contributed by atoms with Crippen LogP contribution in [-0.2, 0) is 4.79 Å². The van der Waals surface area contributed by atoms with Crippen LogP contribution in [0.15, 0.2) is 42.0 Å². The first-order chi connectivity index (χ1) is 8.77. The molecule has 0 bridgehead atoms. The molecule has 2 nitrogen and oxygen atoms in total. The summed E-state index contributed by atoms with van der Waals surface area (Å²) in [5, 5.41) is 2.30. The predicted octanol–water partition coefficient (Wildman–Crippen LogP) is 3.58. The van der Waals surface area contributed by atoms with E-state index in [1.807, 2.05) is 30.3 Å². The fourth-order valence-corrected chi connectivity index (χ4v) is 2.40. The molecule has 1 N–H and O–H groups in total. The van der Waals surface area contributed by atoms with Crippen molar-refractivity contribution in [3.05, 3.63) is 47.5 Å². The molecule has 1 aromatic rings. The minimum atomic E-state index is -0.594. The van der Waals surface area contributed by atoms with Gasteiger partial charge in [0.05, 0.1) is 0 Å². The normalized spacial score (nSPS) is 16.2. The maximum absolute atomic E-state index is 11.9. The quantitative estimate of drug-likeness (QED) is 0.638. The van der Waals surface area contributed by atoms with E-state index in [1.165, 1.54) is 24.8 Å². The van der Waals surface area contributed by atoms with E-state index in [9.17, 15) is 4.79 Å². The Balaban J connectivity index is 1.77. The molecule has 96 valence electrons. The molecular weight excluding hydrogens is 246 g/mol. The van der Waals surface area contributed by atoms with Crippen molar-refractivity contribution in [1.29, 1.82) is 0 Å². The highest BCUT2D eigenvalue weighted by Crippen LogP contribution is 2.21. The van der Waals surface area contributed by atoms with Gasteiger partial charge in [-0.1, -0.05) is 42.0 Å². The third-order valence-corrected chi connectivity index (χ3v) is 3.65. The Bertz CT molecular complexity index is 427. The van der Waals surface area contributed by atoms with Crippen molar-refractivity contribution in [3.63, 3.8) is 0 Å². The number of halogens is 1. The van der Waals surface area contributed by atoms with Gasteiger partial charge < -0.3 is 5.32 Å². The summed E-state index contributed by atoms with van der Waals surface area (Å²) in [6.45, 7) is 0.681. The third kappa shape index (κ3) is 3.61. The van der Waals surface area contributed by atoms with Crippen LogP contribution in [0, 0.1) is 0 Å². The topological polar surface area (TPSA) is 29.1 Å². The Labute approximate surface area is 113 Å². The summed E-state index contributed by atoms with van der Waals surface area (Å²) in [5.41, 5.74) is 2.30. The van der Waals surface area contributed by atoms with Crippen molar-refractivity contribution in [2.24, 2.45) is 0 Å². The monoisotopic (exact) mass is 263 g/mol. The average molecular weight is 264 g/mol. The van der Waals surface area contributed by atoms with E-state index < -0.39 is 5.38 Å². The summed E-state index contributed by atoms with van der Waals surface area (Å²) in [4.78, 5) is 11.9. The second kappa shape index (κ2) is 6.60. The Hall–Kier alpha value is -1.28. The van der Waals surface area contributed by atoms with Gasteiger partial charge >= 0.3 is 0 Å².